The molecule has 1 heterocycles. The van der Waals surface area contributed by atoms with E-state index in [9.17, 15) is 9.59 Å². The molecule has 4 aromatic rings. The number of nitrogens with one attached hydrogen (secondary N) is 1. The Bertz CT molecular complexity index is 1390. The van der Waals surface area contributed by atoms with Crippen LogP contribution in [0.15, 0.2) is 84.9 Å². The summed E-state index contributed by atoms with van der Waals surface area (Å²) in [6.45, 7) is 4.37. The minimum Gasteiger partial charge on any atom is -0.489 e. The highest BCUT2D eigenvalue weighted by molar-refractivity contribution is 7.17. The predicted octanol–water partition coefficient (Wildman–Crippen LogP) is 7.78. The van der Waals surface area contributed by atoms with Crippen LogP contribution < -0.4 is 10.1 Å². The van der Waals surface area contributed by atoms with E-state index in [2.05, 4.69) is 5.32 Å². The SMILES string of the molecule is CCOC(=O)c1c(NC(=O)/C=C/c2ccc(OCc3ccccc3)cc2)sc(C)c1-c1ccc(Cl)cc1. The molecule has 5 nitrogen and oxygen atoms in total. The second-order valence-corrected chi connectivity index (χ2v) is 9.79. The molecule has 0 aliphatic rings. The number of hydrogen-bond donors (Lipinski definition) is 1. The van der Waals surface area contributed by atoms with Gasteiger partial charge in [0, 0.05) is 21.5 Å². The number of rotatable bonds is 9. The van der Waals surface area contributed by atoms with Crippen LogP contribution in [0.4, 0.5) is 5.00 Å². The number of carbonyl (C=O) groups excluding carboxylic acids is 2. The van der Waals surface area contributed by atoms with Gasteiger partial charge in [-0.3, -0.25) is 4.79 Å². The largest absolute Gasteiger partial charge is 0.489 e. The molecule has 7 heteroatoms. The molecule has 1 N–H and O–H groups in total. The van der Waals surface area contributed by atoms with Gasteiger partial charge in [0.05, 0.1) is 6.61 Å². The predicted molar refractivity (Wildman–Crippen MR) is 150 cm³/mol. The lowest BCUT2D eigenvalue weighted by atomic mass is 10.0. The molecule has 37 heavy (non-hydrogen) atoms. The van der Waals surface area contributed by atoms with Gasteiger partial charge in [-0.15, -0.1) is 11.3 Å². The molecule has 0 radical (unpaired) electrons. The summed E-state index contributed by atoms with van der Waals surface area (Å²) < 4.78 is 11.1. The first kappa shape index (κ1) is 26.2. The van der Waals surface area contributed by atoms with Crippen LogP contribution in [0.25, 0.3) is 17.2 Å². The van der Waals surface area contributed by atoms with Crippen LogP contribution in [-0.2, 0) is 16.1 Å². The summed E-state index contributed by atoms with van der Waals surface area (Å²) >= 11 is 7.37. The number of halogens is 1. The fourth-order valence-corrected chi connectivity index (χ4v) is 4.93. The van der Waals surface area contributed by atoms with Crippen LogP contribution in [0, 0.1) is 6.92 Å². The normalized spacial score (nSPS) is 10.9. The first-order valence-electron chi connectivity index (χ1n) is 11.8. The number of ether oxygens (including phenoxy) is 2. The number of anilines is 1. The molecule has 0 unspecified atom stereocenters. The van der Waals surface area contributed by atoms with Crippen molar-refractivity contribution in [2.75, 3.05) is 11.9 Å². The first-order valence-corrected chi connectivity index (χ1v) is 13.0. The number of amides is 1. The molecule has 4 rings (SSSR count). The topological polar surface area (TPSA) is 64.6 Å². The van der Waals surface area contributed by atoms with Crippen molar-refractivity contribution in [3.63, 3.8) is 0 Å². The molecule has 0 saturated heterocycles. The molecule has 0 spiro atoms. The molecular weight excluding hydrogens is 506 g/mol. The lowest BCUT2D eigenvalue weighted by Crippen LogP contribution is -2.12. The Hall–Kier alpha value is -3.87. The van der Waals surface area contributed by atoms with Crippen molar-refractivity contribution in [2.24, 2.45) is 0 Å². The zero-order valence-electron chi connectivity index (χ0n) is 20.5. The Morgan fingerprint density at radius 2 is 1.68 bits per heavy atom. The van der Waals surface area contributed by atoms with E-state index in [4.69, 9.17) is 21.1 Å². The highest BCUT2D eigenvalue weighted by Gasteiger charge is 2.25. The summed E-state index contributed by atoms with van der Waals surface area (Å²) in [5, 5.41) is 3.90. The molecule has 0 fully saturated rings. The van der Waals surface area contributed by atoms with Crippen LogP contribution >= 0.6 is 22.9 Å². The summed E-state index contributed by atoms with van der Waals surface area (Å²) in [5.41, 5.74) is 3.83. The van der Waals surface area contributed by atoms with Gasteiger partial charge in [-0.25, -0.2) is 4.79 Å². The molecule has 0 bridgehead atoms. The third-order valence-corrected chi connectivity index (χ3v) is 6.76. The Morgan fingerprint density at radius 3 is 2.35 bits per heavy atom. The molecule has 0 saturated carbocycles. The van der Waals surface area contributed by atoms with Gasteiger partial charge in [-0.2, -0.15) is 0 Å². The fourth-order valence-electron chi connectivity index (χ4n) is 3.74. The summed E-state index contributed by atoms with van der Waals surface area (Å²) in [7, 11) is 0. The van der Waals surface area contributed by atoms with Crippen molar-refractivity contribution in [3.05, 3.63) is 112 Å². The molecule has 3 aromatic carbocycles. The van der Waals surface area contributed by atoms with E-state index >= 15 is 0 Å². The second-order valence-electron chi connectivity index (χ2n) is 8.13. The third-order valence-electron chi connectivity index (χ3n) is 5.49. The zero-order chi connectivity index (χ0) is 26.2. The van der Waals surface area contributed by atoms with E-state index in [1.54, 1.807) is 25.1 Å². The van der Waals surface area contributed by atoms with Crippen LogP contribution in [-0.4, -0.2) is 18.5 Å². The van der Waals surface area contributed by atoms with Gasteiger partial charge < -0.3 is 14.8 Å². The van der Waals surface area contributed by atoms with Gasteiger partial charge in [-0.1, -0.05) is 66.2 Å². The molecule has 0 atom stereocenters. The van der Waals surface area contributed by atoms with Crippen molar-refractivity contribution in [1.29, 1.82) is 0 Å². The summed E-state index contributed by atoms with van der Waals surface area (Å²) in [5.74, 6) is -0.0886. The Morgan fingerprint density at radius 1 is 0.973 bits per heavy atom. The average Bonchev–Trinajstić information content (AvgIpc) is 3.23. The maximum absolute atomic E-state index is 12.9. The second kappa shape index (κ2) is 12.4. The highest BCUT2D eigenvalue weighted by Crippen LogP contribution is 2.40. The van der Waals surface area contributed by atoms with Gasteiger partial charge in [0.2, 0.25) is 5.91 Å². The van der Waals surface area contributed by atoms with Crippen molar-refractivity contribution in [3.8, 4) is 16.9 Å². The van der Waals surface area contributed by atoms with E-state index in [1.807, 2.05) is 73.7 Å². The number of hydrogen-bond acceptors (Lipinski definition) is 5. The Balaban J connectivity index is 1.47. The van der Waals surface area contributed by atoms with E-state index < -0.39 is 5.97 Å². The number of esters is 1. The quantitative estimate of drug-likeness (QED) is 0.177. The Labute approximate surface area is 225 Å². The van der Waals surface area contributed by atoms with Gasteiger partial charge >= 0.3 is 5.97 Å². The van der Waals surface area contributed by atoms with Crippen molar-refractivity contribution < 1.29 is 19.1 Å². The average molecular weight is 532 g/mol. The molecule has 0 aliphatic carbocycles. The summed E-state index contributed by atoms with van der Waals surface area (Å²) in [6, 6.07) is 24.6. The van der Waals surface area contributed by atoms with Gasteiger partial charge in [0.1, 0.15) is 22.9 Å². The van der Waals surface area contributed by atoms with Crippen LogP contribution in [0.2, 0.25) is 5.02 Å². The van der Waals surface area contributed by atoms with E-state index in [1.165, 1.54) is 17.4 Å². The van der Waals surface area contributed by atoms with Gasteiger partial charge in [0.15, 0.2) is 0 Å². The zero-order valence-corrected chi connectivity index (χ0v) is 22.1. The van der Waals surface area contributed by atoms with Crippen LogP contribution in [0.5, 0.6) is 5.75 Å². The van der Waals surface area contributed by atoms with Crippen LogP contribution in [0.1, 0.15) is 33.3 Å². The standard InChI is InChI=1S/C30H26ClNO4S/c1-3-35-30(34)28-27(23-12-14-24(31)15-13-23)20(2)37-29(28)32-26(33)18-11-21-9-16-25(17-10-21)36-19-22-7-5-4-6-8-22/h4-18H,3,19H2,1-2H3,(H,32,33)/b18-11+. The summed E-state index contributed by atoms with van der Waals surface area (Å²) in [6.07, 6.45) is 3.15. The van der Waals surface area contributed by atoms with Crippen molar-refractivity contribution >= 4 is 45.9 Å². The lowest BCUT2D eigenvalue weighted by molar-refractivity contribution is -0.111. The van der Waals surface area contributed by atoms with Crippen LogP contribution in [0.3, 0.4) is 0 Å². The third kappa shape index (κ3) is 6.88. The monoisotopic (exact) mass is 531 g/mol. The van der Waals surface area contributed by atoms with E-state index in [0.29, 0.717) is 22.2 Å². The first-order chi connectivity index (χ1) is 17.9. The fraction of sp³-hybridized carbons (Fsp3) is 0.133. The van der Waals surface area contributed by atoms with Gasteiger partial charge in [0.25, 0.3) is 0 Å². The number of thiophene rings is 1. The summed E-state index contributed by atoms with van der Waals surface area (Å²) in [4.78, 5) is 26.5. The minimum atomic E-state index is -0.484. The van der Waals surface area contributed by atoms with Gasteiger partial charge in [-0.05, 0) is 60.9 Å². The minimum absolute atomic E-state index is 0.228. The van der Waals surface area contributed by atoms with E-state index in [0.717, 1.165) is 32.9 Å². The number of benzene rings is 3. The number of aryl methyl sites for hydroxylation is 1. The van der Waals surface area contributed by atoms with E-state index in [-0.39, 0.29) is 12.5 Å². The molecule has 1 amide bonds. The number of carbonyl (C=O) groups is 2. The maximum atomic E-state index is 12.9. The molecule has 1 aromatic heterocycles. The smallest absolute Gasteiger partial charge is 0.341 e. The van der Waals surface area contributed by atoms with Crippen molar-refractivity contribution in [2.45, 2.75) is 20.5 Å². The lowest BCUT2D eigenvalue weighted by Gasteiger charge is -2.08. The Kier molecular flexibility index (Phi) is 8.77. The molecule has 0 aliphatic heterocycles. The maximum Gasteiger partial charge on any atom is 0.341 e. The highest BCUT2D eigenvalue weighted by atomic mass is 35.5. The molecule has 188 valence electrons. The van der Waals surface area contributed by atoms with Crippen molar-refractivity contribution in [1.82, 2.24) is 0 Å². The molecular formula is C30H26ClNO4S.